The second-order valence-corrected chi connectivity index (χ2v) is 8.00. The number of para-hydroxylation sites is 1. The van der Waals surface area contributed by atoms with Gasteiger partial charge in [-0.05, 0) is 36.2 Å². The summed E-state index contributed by atoms with van der Waals surface area (Å²) in [5.74, 6) is -1.09. The zero-order valence-electron chi connectivity index (χ0n) is 16.5. The number of carbonyl (C=O) groups is 2. The lowest BCUT2D eigenvalue weighted by atomic mass is 10.1. The molecule has 8 nitrogen and oxygen atoms in total. The number of rotatable bonds is 9. The molecule has 29 heavy (non-hydrogen) atoms. The maximum absolute atomic E-state index is 13.0. The van der Waals surface area contributed by atoms with E-state index in [1.807, 2.05) is 6.92 Å². The first kappa shape index (κ1) is 22.2. The Labute approximate surface area is 170 Å². The van der Waals surface area contributed by atoms with Gasteiger partial charge >= 0.3 is 5.97 Å². The third-order valence-corrected chi connectivity index (χ3v) is 5.71. The van der Waals surface area contributed by atoms with Crippen LogP contribution in [-0.4, -0.2) is 44.0 Å². The van der Waals surface area contributed by atoms with Crippen LogP contribution in [0.15, 0.2) is 47.4 Å². The van der Waals surface area contributed by atoms with Crippen LogP contribution in [0.5, 0.6) is 5.75 Å². The Hall–Kier alpha value is -3.07. The van der Waals surface area contributed by atoms with Crippen molar-refractivity contribution in [2.45, 2.75) is 31.7 Å². The van der Waals surface area contributed by atoms with E-state index in [1.54, 1.807) is 29.2 Å². The number of benzene rings is 2. The van der Waals surface area contributed by atoms with Crippen molar-refractivity contribution in [1.29, 1.82) is 0 Å². The van der Waals surface area contributed by atoms with E-state index in [0.717, 1.165) is 0 Å². The number of nitrogens with zero attached hydrogens (tertiary/aromatic N) is 1. The van der Waals surface area contributed by atoms with Crippen molar-refractivity contribution in [1.82, 2.24) is 4.90 Å². The highest BCUT2D eigenvalue weighted by Crippen LogP contribution is 2.28. The number of anilines is 1. The highest BCUT2D eigenvalue weighted by Gasteiger charge is 2.22. The van der Waals surface area contributed by atoms with Crippen molar-refractivity contribution in [2.75, 3.05) is 18.4 Å². The van der Waals surface area contributed by atoms with E-state index >= 15 is 0 Å². The van der Waals surface area contributed by atoms with Crippen LogP contribution in [0.1, 0.15) is 25.0 Å². The number of carboxylic acids is 1. The molecule has 0 unspecified atom stereocenters. The molecule has 0 heterocycles. The minimum atomic E-state index is -4.07. The van der Waals surface area contributed by atoms with Crippen LogP contribution in [0.3, 0.4) is 0 Å². The van der Waals surface area contributed by atoms with Gasteiger partial charge in [0.05, 0.1) is 19.2 Å². The van der Waals surface area contributed by atoms with Gasteiger partial charge in [0.2, 0.25) is 5.91 Å². The van der Waals surface area contributed by atoms with Gasteiger partial charge in [0, 0.05) is 20.0 Å². The first-order valence-electron chi connectivity index (χ1n) is 8.93. The molecule has 0 aliphatic rings. The van der Waals surface area contributed by atoms with E-state index in [-0.39, 0.29) is 29.5 Å². The number of carboxylic acid groups (broad SMARTS) is 1. The third kappa shape index (κ3) is 5.71. The average molecular weight is 420 g/mol. The molecular weight excluding hydrogens is 396 g/mol. The van der Waals surface area contributed by atoms with Crippen LogP contribution in [0.2, 0.25) is 0 Å². The van der Waals surface area contributed by atoms with Gasteiger partial charge in [-0.25, -0.2) is 8.42 Å². The molecule has 0 aromatic heterocycles. The molecule has 2 rings (SSSR count). The minimum Gasteiger partial charge on any atom is -0.495 e. The van der Waals surface area contributed by atoms with Crippen molar-refractivity contribution in [3.05, 3.63) is 53.6 Å². The maximum atomic E-state index is 13.0. The second-order valence-electron chi connectivity index (χ2n) is 6.35. The van der Waals surface area contributed by atoms with Gasteiger partial charge in [0.25, 0.3) is 10.0 Å². The van der Waals surface area contributed by atoms with Crippen LogP contribution in [0, 0.1) is 0 Å². The van der Waals surface area contributed by atoms with E-state index in [2.05, 4.69) is 4.72 Å². The molecule has 156 valence electrons. The number of methoxy groups -OCH3 is 1. The summed E-state index contributed by atoms with van der Waals surface area (Å²) >= 11 is 0. The molecule has 0 aliphatic heterocycles. The minimum absolute atomic E-state index is 0.100. The number of aliphatic carboxylic acids is 1. The van der Waals surface area contributed by atoms with E-state index < -0.39 is 16.0 Å². The van der Waals surface area contributed by atoms with Crippen molar-refractivity contribution >= 4 is 27.6 Å². The smallest absolute Gasteiger partial charge is 0.307 e. The van der Waals surface area contributed by atoms with Crippen LogP contribution in [0.25, 0.3) is 0 Å². The lowest BCUT2D eigenvalue weighted by Gasteiger charge is -2.21. The van der Waals surface area contributed by atoms with Gasteiger partial charge in [0.15, 0.2) is 0 Å². The summed E-state index contributed by atoms with van der Waals surface area (Å²) in [6.45, 7) is 4.03. The van der Waals surface area contributed by atoms with Gasteiger partial charge < -0.3 is 14.7 Å². The molecule has 0 saturated carbocycles. The van der Waals surface area contributed by atoms with E-state index in [0.29, 0.717) is 23.4 Å². The summed E-state index contributed by atoms with van der Waals surface area (Å²) < 4.78 is 33.8. The Bertz CT molecular complexity index is 1000. The molecule has 9 heteroatoms. The lowest BCUT2D eigenvalue weighted by molar-refractivity contribution is -0.136. The summed E-state index contributed by atoms with van der Waals surface area (Å²) in [7, 11) is -2.73. The Balaban J connectivity index is 2.42. The first-order valence-corrected chi connectivity index (χ1v) is 10.4. The van der Waals surface area contributed by atoms with Crippen LogP contribution in [0.4, 0.5) is 5.69 Å². The third-order valence-electron chi connectivity index (χ3n) is 4.32. The van der Waals surface area contributed by atoms with E-state index in [9.17, 15) is 18.0 Å². The van der Waals surface area contributed by atoms with Crippen molar-refractivity contribution < 1.29 is 27.9 Å². The average Bonchev–Trinajstić information content (AvgIpc) is 2.66. The van der Waals surface area contributed by atoms with Gasteiger partial charge in [-0.2, -0.15) is 0 Å². The molecule has 0 radical (unpaired) electrons. The Morgan fingerprint density at radius 3 is 2.45 bits per heavy atom. The predicted molar refractivity (Wildman–Crippen MR) is 108 cm³/mol. The summed E-state index contributed by atoms with van der Waals surface area (Å²) in [6.07, 6.45) is -0.312. The van der Waals surface area contributed by atoms with Gasteiger partial charge in [-0.1, -0.05) is 24.3 Å². The molecule has 0 bridgehead atoms. The highest BCUT2D eigenvalue weighted by atomic mass is 32.2. The number of hydrogen-bond donors (Lipinski definition) is 2. The number of nitrogens with one attached hydrogen (secondary N) is 1. The quantitative estimate of drug-likeness (QED) is 0.644. The standard InChI is InChI=1S/C20H24N2O6S/c1-4-22(14(2)23)13-16-7-5-6-8-17(16)21-29(26,27)19-11-15(12-20(24)25)9-10-18(19)28-3/h5-11,21H,4,12-13H2,1-3H3,(H,24,25). The molecular formula is C20H24N2O6S. The van der Waals surface area contributed by atoms with Crippen LogP contribution < -0.4 is 9.46 Å². The van der Waals surface area contributed by atoms with Crippen molar-refractivity contribution in [3.63, 3.8) is 0 Å². The van der Waals surface area contributed by atoms with Crippen molar-refractivity contribution in [3.8, 4) is 5.75 Å². The van der Waals surface area contributed by atoms with E-state index in [4.69, 9.17) is 9.84 Å². The molecule has 0 saturated heterocycles. The number of hydrogen-bond acceptors (Lipinski definition) is 5. The molecule has 1 amide bonds. The second kappa shape index (κ2) is 9.42. The molecule has 0 aliphatic carbocycles. The summed E-state index contributed by atoms with van der Waals surface area (Å²) in [5, 5.41) is 8.98. The fraction of sp³-hybridized carbons (Fsp3) is 0.300. The van der Waals surface area contributed by atoms with Gasteiger partial charge in [0.1, 0.15) is 10.6 Å². The Morgan fingerprint density at radius 1 is 1.17 bits per heavy atom. The molecule has 2 aromatic carbocycles. The number of ether oxygens (including phenoxy) is 1. The SMILES string of the molecule is CCN(Cc1ccccc1NS(=O)(=O)c1cc(CC(=O)O)ccc1OC)C(C)=O. The molecule has 0 fully saturated rings. The van der Waals surface area contributed by atoms with Gasteiger partial charge in [-0.3, -0.25) is 14.3 Å². The maximum Gasteiger partial charge on any atom is 0.307 e. The lowest BCUT2D eigenvalue weighted by Crippen LogP contribution is -2.28. The molecule has 2 N–H and O–H groups in total. The number of carbonyl (C=O) groups excluding carboxylic acids is 1. The topological polar surface area (TPSA) is 113 Å². The Kier molecular flexibility index (Phi) is 7.22. The fourth-order valence-electron chi connectivity index (χ4n) is 2.82. The largest absolute Gasteiger partial charge is 0.495 e. The zero-order valence-corrected chi connectivity index (χ0v) is 17.3. The first-order chi connectivity index (χ1) is 13.7. The van der Waals surface area contributed by atoms with Crippen LogP contribution in [-0.2, 0) is 32.6 Å². The number of amides is 1. The van der Waals surface area contributed by atoms with E-state index in [1.165, 1.54) is 32.2 Å². The Morgan fingerprint density at radius 2 is 1.86 bits per heavy atom. The predicted octanol–water partition coefficient (Wildman–Crippen LogP) is 2.49. The molecule has 0 atom stereocenters. The molecule has 0 spiro atoms. The number of sulfonamides is 1. The van der Waals surface area contributed by atoms with Gasteiger partial charge in [-0.15, -0.1) is 0 Å². The summed E-state index contributed by atoms with van der Waals surface area (Å²) in [5.41, 5.74) is 1.30. The summed E-state index contributed by atoms with van der Waals surface area (Å²) in [6, 6.07) is 11.0. The summed E-state index contributed by atoms with van der Waals surface area (Å²) in [4.78, 5) is 24.1. The molecule has 2 aromatic rings. The van der Waals surface area contributed by atoms with Crippen molar-refractivity contribution in [2.24, 2.45) is 0 Å². The zero-order chi connectivity index (χ0) is 21.6. The van der Waals surface area contributed by atoms with Crippen LogP contribution >= 0.6 is 0 Å². The normalized spacial score (nSPS) is 11.0. The fourth-order valence-corrected chi connectivity index (χ4v) is 4.15. The monoisotopic (exact) mass is 420 g/mol. The highest BCUT2D eigenvalue weighted by molar-refractivity contribution is 7.92.